The molecular formula is C21H16F3N3OS. The number of azo groups is 1. The lowest BCUT2D eigenvalue weighted by Gasteiger charge is -2.06. The molecule has 148 valence electrons. The maximum atomic E-state index is 12.6. The number of halogens is 3. The van der Waals surface area contributed by atoms with Gasteiger partial charge in [-0.2, -0.15) is 18.3 Å². The van der Waals surface area contributed by atoms with Gasteiger partial charge in [-0.15, -0.1) is 16.5 Å². The van der Waals surface area contributed by atoms with Crippen LogP contribution in [0.25, 0.3) is 17.3 Å². The van der Waals surface area contributed by atoms with Gasteiger partial charge in [-0.3, -0.25) is 4.79 Å². The summed E-state index contributed by atoms with van der Waals surface area (Å²) in [6, 6.07) is 12.1. The van der Waals surface area contributed by atoms with Gasteiger partial charge < -0.3 is 0 Å². The first-order chi connectivity index (χ1) is 13.8. The molecule has 0 aliphatic carbocycles. The zero-order valence-corrected chi connectivity index (χ0v) is 16.2. The molecule has 3 aromatic rings. The third kappa shape index (κ3) is 5.68. The summed E-state index contributed by atoms with van der Waals surface area (Å²) in [4.78, 5) is 15.7. The second-order valence-electron chi connectivity index (χ2n) is 6.10. The Hall–Kier alpha value is -3.13. The molecule has 0 aliphatic rings. The van der Waals surface area contributed by atoms with Crippen LogP contribution in [0.1, 0.15) is 28.4 Å². The van der Waals surface area contributed by atoms with Gasteiger partial charge in [0.1, 0.15) is 0 Å². The summed E-state index contributed by atoms with van der Waals surface area (Å²) in [5.74, 6) is 0.00700. The van der Waals surface area contributed by atoms with E-state index >= 15 is 0 Å². The van der Waals surface area contributed by atoms with Crippen molar-refractivity contribution in [1.29, 1.82) is 0 Å². The first-order valence-corrected chi connectivity index (χ1v) is 9.49. The smallest absolute Gasteiger partial charge is 0.295 e. The summed E-state index contributed by atoms with van der Waals surface area (Å²) in [5, 5.41) is 10.2. The van der Waals surface area contributed by atoms with Crippen molar-refractivity contribution in [2.45, 2.75) is 13.1 Å². The number of thiazole rings is 1. The minimum absolute atomic E-state index is 0.00700. The molecule has 0 aliphatic heterocycles. The van der Waals surface area contributed by atoms with Crippen LogP contribution >= 0.6 is 11.3 Å². The van der Waals surface area contributed by atoms with E-state index in [4.69, 9.17) is 0 Å². The van der Waals surface area contributed by atoms with Gasteiger partial charge in [0.2, 0.25) is 5.13 Å². The highest BCUT2D eigenvalue weighted by molar-refractivity contribution is 7.13. The van der Waals surface area contributed by atoms with Crippen LogP contribution in [0.3, 0.4) is 0 Å². The molecule has 0 saturated carbocycles. The third-order valence-corrected chi connectivity index (χ3v) is 4.67. The molecule has 0 saturated heterocycles. The molecule has 0 radical (unpaired) electrons. The van der Waals surface area contributed by atoms with Crippen molar-refractivity contribution in [2.75, 3.05) is 6.54 Å². The quantitative estimate of drug-likeness (QED) is 0.327. The van der Waals surface area contributed by atoms with Crippen molar-refractivity contribution in [3.05, 3.63) is 76.7 Å². The van der Waals surface area contributed by atoms with Crippen molar-refractivity contribution >= 4 is 28.3 Å². The summed E-state index contributed by atoms with van der Waals surface area (Å²) in [5.41, 5.74) is 1.98. The highest BCUT2D eigenvalue weighted by atomic mass is 32.1. The summed E-state index contributed by atoms with van der Waals surface area (Å²) in [6.45, 7) is 1.85. The number of benzene rings is 2. The van der Waals surface area contributed by atoms with Crippen LogP contribution in [0.5, 0.6) is 0 Å². The number of ketones is 1. The topological polar surface area (TPSA) is 54.7 Å². The van der Waals surface area contributed by atoms with Gasteiger partial charge in [0.05, 0.1) is 17.8 Å². The molecular weight excluding hydrogens is 399 g/mol. The third-order valence-electron chi connectivity index (χ3n) is 3.95. The summed E-state index contributed by atoms with van der Waals surface area (Å²) in [7, 11) is 0. The van der Waals surface area contributed by atoms with Crippen molar-refractivity contribution < 1.29 is 18.0 Å². The van der Waals surface area contributed by atoms with Gasteiger partial charge in [0.15, 0.2) is 5.78 Å². The lowest BCUT2D eigenvalue weighted by molar-refractivity contribution is -0.137. The largest absolute Gasteiger partial charge is 0.416 e. The Morgan fingerprint density at radius 2 is 1.93 bits per heavy atom. The van der Waals surface area contributed by atoms with Crippen LogP contribution in [-0.4, -0.2) is 17.3 Å². The van der Waals surface area contributed by atoms with Crippen LogP contribution in [0.4, 0.5) is 18.3 Å². The van der Waals surface area contributed by atoms with E-state index in [-0.39, 0.29) is 5.78 Å². The van der Waals surface area contributed by atoms with E-state index in [1.165, 1.54) is 30.4 Å². The first kappa shape index (κ1) is 20.6. The molecule has 8 heteroatoms. The second kappa shape index (κ2) is 8.91. The minimum atomic E-state index is -4.36. The zero-order chi connectivity index (χ0) is 20.9. The van der Waals surface area contributed by atoms with Crippen LogP contribution in [0.15, 0.2) is 70.2 Å². The molecule has 29 heavy (non-hydrogen) atoms. The van der Waals surface area contributed by atoms with E-state index in [0.29, 0.717) is 28.5 Å². The van der Waals surface area contributed by atoms with Crippen molar-refractivity contribution in [3.63, 3.8) is 0 Å². The Balaban J connectivity index is 1.59. The van der Waals surface area contributed by atoms with Crippen LogP contribution in [-0.2, 0) is 6.18 Å². The fourth-order valence-corrected chi connectivity index (χ4v) is 3.13. The first-order valence-electron chi connectivity index (χ1n) is 8.61. The van der Waals surface area contributed by atoms with E-state index in [2.05, 4.69) is 15.2 Å². The molecule has 2 aromatic carbocycles. The number of carbonyl (C=O) groups is 1. The number of nitrogens with zero attached hydrogens (tertiary/aromatic N) is 3. The SMILES string of the molecule is CC(=O)c1cccc(C=CCN=Nc2nc(-c3ccc(C(F)(F)F)cc3)cs2)c1. The van der Waals surface area contributed by atoms with Gasteiger partial charge in [0, 0.05) is 16.5 Å². The Morgan fingerprint density at radius 1 is 1.17 bits per heavy atom. The molecule has 1 aromatic heterocycles. The summed E-state index contributed by atoms with van der Waals surface area (Å²) in [6.07, 6.45) is -0.699. The highest BCUT2D eigenvalue weighted by Gasteiger charge is 2.30. The van der Waals surface area contributed by atoms with Gasteiger partial charge in [0.25, 0.3) is 0 Å². The summed E-state index contributed by atoms with van der Waals surface area (Å²) >= 11 is 1.26. The van der Waals surface area contributed by atoms with Crippen molar-refractivity contribution in [3.8, 4) is 11.3 Å². The maximum Gasteiger partial charge on any atom is 0.416 e. The highest BCUT2D eigenvalue weighted by Crippen LogP contribution is 2.32. The number of Topliss-reactive ketones (excluding diaryl/α,β-unsaturated/α-hetero) is 1. The molecule has 1 heterocycles. The fraction of sp³-hybridized carbons (Fsp3) is 0.143. The summed E-state index contributed by atoms with van der Waals surface area (Å²) < 4.78 is 37.9. The van der Waals surface area contributed by atoms with Crippen LogP contribution in [0.2, 0.25) is 0 Å². The number of carbonyl (C=O) groups excluding carboxylic acids is 1. The van der Waals surface area contributed by atoms with Crippen molar-refractivity contribution in [1.82, 2.24) is 4.98 Å². The number of aromatic nitrogens is 1. The normalized spacial score (nSPS) is 12.1. The molecule has 0 amide bonds. The molecule has 0 N–H and O–H groups in total. The lowest BCUT2D eigenvalue weighted by atomic mass is 10.1. The number of hydrogen-bond donors (Lipinski definition) is 0. The standard InChI is InChI=1S/C21H16F3N3OS/c1-14(28)17-6-2-4-15(12-17)5-3-11-25-27-20-26-19(13-29-20)16-7-9-18(10-8-16)21(22,23)24/h2-10,12-13H,11H2,1H3. The molecule has 3 rings (SSSR count). The zero-order valence-electron chi connectivity index (χ0n) is 15.3. The molecule has 0 fully saturated rings. The lowest BCUT2D eigenvalue weighted by Crippen LogP contribution is -2.03. The van der Waals surface area contributed by atoms with Crippen LogP contribution in [0, 0.1) is 0 Å². The average molecular weight is 415 g/mol. The number of alkyl halides is 3. The van der Waals surface area contributed by atoms with Gasteiger partial charge in [-0.25, -0.2) is 4.98 Å². The van der Waals surface area contributed by atoms with Gasteiger partial charge >= 0.3 is 6.18 Å². The number of rotatable bonds is 6. The Labute approximate surface area is 169 Å². The molecule has 4 nitrogen and oxygen atoms in total. The van der Waals surface area contributed by atoms with E-state index in [1.54, 1.807) is 17.5 Å². The van der Waals surface area contributed by atoms with Crippen molar-refractivity contribution in [2.24, 2.45) is 10.2 Å². The molecule has 0 atom stereocenters. The Kier molecular flexibility index (Phi) is 6.33. The maximum absolute atomic E-state index is 12.6. The molecule has 0 bridgehead atoms. The monoisotopic (exact) mass is 415 g/mol. The van der Waals surface area contributed by atoms with Gasteiger partial charge in [-0.1, -0.05) is 42.5 Å². The Bertz CT molecular complexity index is 1050. The average Bonchev–Trinajstić information content (AvgIpc) is 3.16. The van der Waals surface area contributed by atoms with E-state index in [9.17, 15) is 18.0 Å². The van der Waals surface area contributed by atoms with E-state index in [0.717, 1.165) is 17.7 Å². The predicted molar refractivity (Wildman–Crippen MR) is 107 cm³/mol. The fourth-order valence-electron chi connectivity index (χ4n) is 2.47. The minimum Gasteiger partial charge on any atom is -0.295 e. The van der Waals surface area contributed by atoms with E-state index in [1.807, 2.05) is 24.3 Å². The van der Waals surface area contributed by atoms with Gasteiger partial charge in [-0.05, 0) is 30.7 Å². The Morgan fingerprint density at radius 3 is 2.62 bits per heavy atom. The predicted octanol–water partition coefficient (Wildman–Crippen LogP) is 6.83. The number of hydrogen-bond acceptors (Lipinski definition) is 5. The van der Waals surface area contributed by atoms with Crippen LogP contribution < -0.4 is 0 Å². The second-order valence-corrected chi connectivity index (χ2v) is 6.93. The molecule has 0 unspecified atom stereocenters. The van der Waals surface area contributed by atoms with E-state index < -0.39 is 11.7 Å². The molecule has 0 spiro atoms.